The summed E-state index contributed by atoms with van der Waals surface area (Å²) in [4.78, 5) is 11.9. The average molecular weight is 419 g/mol. The van der Waals surface area contributed by atoms with Crippen molar-refractivity contribution >= 4 is 56.6 Å². The van der Waals surface area contributed by atoms with Crippen LogP contribution in [0.15, 0.2) is 47.4 Å². The lowest BCUT2D eigenvalue weighted by Crippen LogP contribution is -2.14. The van der Waals surface area contributed by atoms with Crippen LogP contribution in [-0.4, -0.2) is 20.1 Å². The number of hydrogen-bond donors (Lipinski definition) is 2. The number of sulfonamides is 1. The molecule has 3 N–H and O–H groups in total. The highest BCUT2D eigenvalue weighted by molar-refractivity contribution is 7.98. The minimum atomic E-state index is -3.74. The Bertz CT molecular complexity index is 836. The van der Waals surface area contributed by atoms with Crippen LogP contribution in [0.25, 0.3) is 0 Å². The highest BCUT2D eigenvalue weighted by Gasteiger charge is 2.09. The van der Waals surface area contributed by atoms with Crippen LogP contribution >= 0.6 is 35.0 Å². The first-order valence-corrected chi connectivity index (χ1v) is 10.7. The number of thioether (sulfide) groups is 1. The van der Waals surface area contributed by atoms with Gasteiger partial charge >= 0.3 is 0 Å². The summed E-state index contributed by atoms with van der Waals surface area (Å²) in [6, 6.07) is 11.0. The van der Waals surface area contributed by atoms with Crippen molar-refractivity contribution in [3.8, 4) is 0 Å². The lowest BCUT2D eigenvalue weighted by Gasteiger charge is -2.08. The third kappa shape index (κ3) is 6.20. The molecule has 0 unspecified atom stereocenters. The minimum absolute atomic E-state index is 0.00215. The fourth-order valence-corrected chi connectivity index (χ4v) is 4.15. The van der Waals surface area contributed by atoms with Gasteiger partial charge in [0.2, 0.25) is 15.9 Å². The predicted octanol–water partition coefficient (Wildman–Crippen LogP) is 3.90. The van der Waals surface area contributed by atoms with E-state index in [4.69, 9.17) is 28.3 Å². The van der Waals surface area contributed by atoms with Gasteiger partial charge in [0, 0.05) is 33.7 Å². The Morgan fingerprint density at radius 3 is 2.24 bits per heavy atom. The van der Waals surface area contributed by atoms with Gasteiger partial charge in [-0.2, -0.15) is 11.8 Å². The average Bonchev–Trinajstić information content (AvgIpc) is 2.53. The second kappa shape index (κ2) is 8.91. The van der Waals surface area contributed by atoms with Crippen LogP contribution in [-0.2, 0) is 20.6 Å². The van der Waals surface area contributed by atoms with Crippen molar-refractivity contribution in [1.82, 2.24) is 0 Å². The Morgan fingerprint density at radius 1 is 1.08 bits per heavy atom. The Morgan fingerprint density at radius 2 is 1.68 bits per heavy atom. The Hall–Kier alpha value is -1.25. The molecule has 2 aromatic rings. The summed E-state index contributed by atoms with van der Waals surface area (Å²) in [6.07, 6.45) is 0.309. The van der Waals surface area contributed by atoms with Crippen molar-refractivity contribution in [3.05, 3.63) is 58.1 Å². The number of halogens is 2. The smallest absolute Gasteiger partial charge is 0.238 e. The molecule has 0 saturated carbocycles. The van der Waals surface area contributed by atoms with Crippen molar-refractivity contribution in [2.75, 3.05) is 11.1 Å². The second-order valence-electron chi connectivity index (χ2n) is 5.12. The molecule has 0 bridgehead atoms. The fourth-order valence-electron chi connectivity index (χ4n) is 1.96. The lowest BCUT2D eigenvalue weighted by atomic mass is 10.2. The zero-order valence-electron chi connectivity index (χ0n) is 13.0. The summed E-state index contributed by atoms with van der Waals surface area (Å²) in [5.74, 6) is 1.05. The Balaban J connectivity index is 1.79. The number of anilines is 1. The summed E-state index contributed by atoms with van der Waals surface area (Å²) in [7, 11) is -3.74. The third-order valence-electron chi connectivity index (χ3n) is 3.25. The third-order valence-corrected chi connectivity index (χ3v) is 5.87. The molecule has 5 nitrogen and oxygen atoms in total. The van der Waals surface area contributed by atoms with E-state index in [0.717, 1.165) is 5.56 Å². The topological polar surface area (TPSA) is 89.3 Å². The van der Waals surface area contributed by atoms with Crippen LogP contribution < -0.4 is 10.5 Å². The second-order valence-corrected chi connectivity index (χ2v) is 8.60. The monoisotopic (exact) mass is 418 g/mol. The number of carbonyl (C=O) groups excluding carboxylic acids is 1. The maximum atomic E-state index is 11.9. The van der Waals surface area contributed by atoms with E-state index in [1.165, 1.54) is 24.3 Å². The zero-order valence-corrected chi connectivity index (χ0v) is 16.2. The van der Waals surface area contributed by atoms with Gasteiger partial charge in [-0.1, -0.05) is 29.3 Å². The Kier molecular flexibility index (Phi) is 7.15. The number of benzene rings is 2. The van der Waals surface area contributed by atoms with Crippen LogP contribution in [0.1, 0.15) is 12.0 Å². The summed E-state index contributed by atoms with van der Waals surface area (Å²) in [5, 5.41) is 8.94. The molecule has 25 heavy (non-hydrogen) atoms. The van der Waals surface area contributed by atoms with Gasteiger partial charge in [0.05, 0.1) is 4.90 Å². The molecular formula is C16H16Cl2N2O3S2. The van der Waals surface area contributed by atoms with Gasteiger partial charge in [-0.25, -0.2) is 13.6 Å². The van der Waals surface area contributed by atoms with Crippen molar-refractivity contribution in [3.63, 3.8) is 0 Å². The molecule has 0 aliphatic rings. The molecule has 2 aromatic carbocycles. The number of amides is 1. The lowest BCUT2D eigenvalue weighted by molar-refractivity contribution is -0.115. The highest BCUT2D eigenvalue weighted by atomic mass is 35.5. The van der Waals surface area contributed by atoms with Crippen LogP contribution in [0.4, 0.5) is 5.69 Å². The summed E-state index contributed by atoms with van der Waals surface area (Å²) in [5.41, 5.74) is 1.37. The molecule has 0 fully saturated rings. The van der Waals surface area contributed by atoms with E-state index in [1.807, 2.05) is 0 Å². The number of carbonyl (C=O) groups is 1. The van der Waals surface area contributed by atoms with Crippen LogP contribution in [0.3, 0.4) is 0 Å². The quantitative estimate of drug-likeness (QED) is 0.666. The summed E-state index contributed by atoms with van der Waals surface area (Å²) in [6.45, 7) is 0. The number of primary sulfonamides is 1. The van der Waals surface area contributed by atoms with Gasteiger partial charge in [0.15, 0.2) is 0 Å². The van der Waals surface area contributed by atoms with Crippen molar-refractivity contribution < 1.29 is 13.2 Å². The Labute approximate surface area is 160 Å². The number of nitrogens with one attached hydrogen (secondary N) is 1. The molecule has 2 rings (SSSR count). The molecule has 0 aromatic heterocycles. The van der Waals surface area contributed by atoms with Gasteiger partial charge in [-0.3, -0.25) is 4.79 Å². The summed E-state index contributed by atoms with van der Waals surface area (Å²) >= 11 is 13.7. The summed E-state index contributed by atoms with van der Waals surface area (Å²) < 4.78 is 22.3. The predicted molar refractivity (Wildman–Crippen MR) is 104 cm³/mol. The first-order chi connectivity index (χ1) is 11.8. The number of rotatable bonds is 7. The molecule has 0 spiro atoms. The molecule has 1 amide bonds. The normalized spacial score (nSPS) is 11.3. The molecule has 9 heteroatoms. The van der Waals surface area contributed by atoms with Crippen molar-refractivity contribution in [2.24, 2.45) is 5.14 Å². The zero-order chi connectivity index (χ0) is 18.4. The van der Waals surface area contributed by atoms with Crippen molar-refractivity contribution in [2.45, 2.75) is 17.1 Å². The fraction of sp³-hybridized carbons (Fsp3) is 0.188. The van der Waals surface area contributed by atoms with Crippen LogP contribution in [0, 0.1) is 0 Å². The van der Waals surface area contributed by atoms with Gasteiger partial charge in [-0.15, -0.1) is 0 Å². The SMILES string of the molecule is NS(=O)(=O)c1ccc(NC(=O)CCSCc2c(Cl)cccc2Cl)cc1. The molecule has 0 heterocycles. The molecular weight excluding hydrogens is 403 g/mol. The molecule has 134 valence electrons. The highest BCUT2D eigenvalue weighted by Crippen LogP contribution is 2.28. The minimum Gasteiger partial charge on any atom is -0.326 e. The molecule has 0 aliphatic carbocycles. The van der Waals surface area contributed by atoms with E-state index >= 15 is 0 Å². The standard InChI is InChI=1S/C16H16Cl2N2O3S2/c17-14-2-1-3-15(18)13(14)10-24-9-8-16(21)20-11-4-6-12(7-5-11)25(19,22)23/h1-7H,8-10H2,(H,20,21)(H2,19,22,23). The van der Waals surface area contributed by atoms with Gasteiger partial charge in [0.25, 0.3) is 0 Å². The van der Waals surface area contributed by atoms with Crippen LogP contribution in [0.5, 0.6) is 0 Å². The molecule has 0 radical (unpaired) electrons. The largest absolute Gasteiger partial charge is 0.326 e. The van der Waals surface area contributed by atoms with E-state index < -0.39 is 10.0 Å². The van der Waals surface area contributed by atoms with E-state index in [9.17, 15) is 13.2 Å². The van der Waals surface area contributed by atoms with Gasteiger partial charge < -0.3 is 5.32 Å². The molecule has 0 aliphatic heterocycles. The maximum Gasteiger partial charge on any atom is 0.238 e. The van der Waals surface area contributed by atoms with Gasteiger partial charge in [-0.05, 0) is 42.0 Å². The van der Waals surface area contributed by atoms with Gasteiger partial charge in [0.1, 0.15) is 0 Å². The first-order valence-electron chi connectivity index (χ1n) is 7.21. The first kappa shape index (κ1) is 20.1. The van der Waals surface area contributed by atoms with E-state index in [1.54, 1.807) is 30.0 Å². The van der Waals surface area contributed by atoms with E-state index in [2.05, 4.69) is 5.32 Å². The number of nitrogens with two attached hydrogens (primary N) is 1. The van der Waals surface area contributed by atoms with Crippen molar-refractivity contribution in [1.29, 1.82) is 0 Å². The maximum absolute atomic E-state index is 11.9. The molecule has 0 saturated heterocycles. The van der Waals surface area contributed by atoms with E-state index in [0.29, 0.717) is 33.7 Å². The van der Waals surface area contributed by atoms with Crippen LogP contribution in [0.2, 0.25) is 10.0 Å². The van der Waals surface area contributed by atoms with E-state index in [-0.39, 0.29) is 10.8 Å². The molecule has 0 atom stereocenters. The number of hydrogen-bond acceptors (Lipinski definition) is 4.